The smallest absolute Gasteiger partial charge is 0.222 e. The third-order valence-electron chi connectivity index (χ3n) is 5.88. The first-order chi connectivity index (χ1) is 14.8. The zero-order chi connectivity index (χ0) is 22.4. The van der Waals surface area contributed by atoms with Crippen LogP contribution >= 0.6 is 11.3 Å². The predicted octanol–water partition coefficient (Wildman–Crippen LogP) is 4.20. The minimum Gasteiger partial charge on any atom is -0.409 e. The van der Waals surface area contributed by atoms with Gasteiger partial charge in [0, 0.05) is 35.4 Å². The molecule has 0 aliphatic rings. The molecule has 0 amide bonds. The van der Waals surface area contributed by atoms with Crippen molar-refractivity contribution in [3.8, 4) is 22.6 Å². The van der Waals surface area contributed by atoms with E-state index >= 15 is 0 Å². The van der Waals surface area contributed by atoms with Crippen LogP contribution in [-0.2, 0) is 0 Å². The van der Waals surface area contributed by atoms with Crippen LogP contribution in [0.1, 0.15) is 33.5 Å². The first-order valence-corrected chi connectivity index (χ1v) is 10.7. The van der Waals surface area contributed by atoms with Gasteiger partial charge in [-0.3, -0.25) is 4.40 Å². The second-order valence-corrected chi connectivity index (χ2v) is 8.39. The van der Waals surface area contributed by atoms with Crippen LogP contribution in [0.2, 0.25) is 0 Å². The van der Waals surface area contributed by atoms with E-state index < -0.39 is 0 Å². The number of thiazole rings is 1. The number of hydrogen-bond donors (Lipinski definition) is 3. The Hall–Kier alpha value is -3.46. The summed E-state index contributed by atoms with van der Waals surface area (Å²) in [6, 6.07) is 1.89. The molecule has 31 heavy (non-hydrogen) atoms. The maximum absolute atomic E-state index is 9.39. The quantitative estimate of drug-likeness (QED) is 0.192. The number of rotatable bonds is 4. The standard InChI is InChI=1S/C22H25N7OS/c1-10-9-31-22-27-18(19(29(10)22)15-7-8-25-21(24-6)26-15)16-12(3)11(2)13(4)17(14(16)5)20(23)28-30/h7-9,30H,1-6H3,(H2,23,28)(H,24,25,26). The number of hydrogen-bond acceptors (Lipinski definition) is 7. The first-order valence-electron chi connectivity index (χ1n) is 9.86. The highest BCUT2D eigenvalue weighted by molar-refractivity contribution is 7.15. The van der Waals surface area contributed by atoms with Gasteiger partial charge < -0.3 is 16.3 Å². The largest absolute Gasteiger partial charge is 0.409 e. The van der Waals surface area contributed by atoms with E-state index in [1.54, 1.807) is 24.6 Å². The predicted molar refractivity (Wildman–Crippen MR) is 125 cm³/mol. The molecule has 0 fully saturated rings. The van der Waals surface area contributed by atoms with Crippen molar-refractivity contribution >= 4 is 28.1 Å². The van der Waals surface area contributed by atoms with E-state index in [0.717, 1.165) is 61.1 Å². The monoisotopic (exact) mass is 435 g/mol. The molecular formula is C22H25N7OS. The highest BCUT2D eigenvalue weighted by Gasteiger charge is 2.26. The van der Waals surface area contributed by atoms with Crippen molar-refractivity contribution in [3.63, 3.8) is 0 Å². The van der Waals surface area contributed by atoms with Gasteiger partial charge in [-0.05, 0) is 62.9 Å². The Balaban J connectivity index is 2.15. The maximum atomic E-state index is 9.39. The molecule has 0 radical (unpaired) electrons. The minimum atomic E-state index is 0.0950. The van der Waals surface area contributed by atoms with E-state index in [1.807, 2.05) is 19.9 Å². The van der Waals surface area contributed by atoms with Gasteiger partial charge in [0.05, 0.1) is 5.69 Å². The lowest BCUT2D eigenvalue weighted by molar-refractivity contribution is 0.318. The zero-order valence-corrected chi connectivity index (χ0v) is 19.2. The lowest BCUT2D eigenvalue weighted by Gasteiger charge is -2.20. The number of benzene rings is 1. The van der Waals surface area contributed by atoms with E-state index in [-0.39, 0.29) is 5.84 Å². The van der Waals surface area contributed by atoms with Gasteiger partial charge in [0.1, 0.15) is 11.4 Å². The molecule has 0 saturated carbocycles. The van der Waals surface area contributed by atoms with E-state index in [1.165, 1.54) is 0 Å². The molecule has 0 bridgehead atoms. The van der Waals surface area contributed by atoms with Crippen molar-refractivity contribution in [2.24, 2.45) is 10.9 Å². The summed E-state index contributed by atoms with van der Waals surface area (Å²) in [4.78, 5) is 14.9. The molecule has 3 heterocycles. The Morgan fingerprint density at radius 2 is 1.84 bits per heavy atom. The summed E-state index contributed by atoms with van der Waals surface area (Å²) in [5.41, 5.74) is 15.4. The summed E-state index contributed by atoms with van der Waals surface area (Å²) >= 11 is 1.59. The van der Waals surface area contributed by atoms with Crippen LogP contribution < -0.4 is 11.1 Å². The molecule has 1 aromatic carbocycles. The number of anilines is 1. The number of fused-ring (bicyclic) bond motifs is 1. The number of amidine groups is 1. The average molecular weight is 436 g/mol. The number of oxime groups is 1. The first kappa shape index (κ1) is 20.8. The molecule has 8 nitrogen and oxygen atoms in total. The van der Waals surface area contributed by atoms with E-state index in [4.69, 9.17) is 15.7 Å². The number of aryl methyl sites for hydroxylation is 1. The van der Waals surface area contributed by atoms with E-state index in [2.05, 4.69) is 46.0 Å². The third kappa shape index (κ3) is 3.12. The fourth-order valence-corrected chi connectivity index (χ4v) is 5.02. The van der Waals surface area contributed by atoms with Gasteiger partial charge in [-0.2, -0.15) is 0 Å². The molecule has 4 aromatic rings. The van der Waals surface area contributed by atoms with Crippen LogP contribution in [-0.4, -0.2) is 37.4 Å². The van der Waals surface area contributed by atoms with Gasteiger partial charge in [0.2, 0.25) is 5.95 Å². The van der Waals surface area contributed by atoms with Crippen LogP contribution in [0.5, 0.6) is 0 Å². The molecule has 0 saturated heterocycles. The summed E-state index contributed by atoms with van der Waals surface area (Å²) in [5, 5.41) is 17.8. The Labute approximate surface area is 184 Å². The van der Waals surface area contributed by atoms with E-state index in [0.29, 0.717) is 5.95 Å². The van der Waals surface area contributed by atoms with Crippen molar-refractivity contribution in [3.05, 3.63) is 51.2 Å². The van der Waals surface area contributed by atoms with Crippen molar-refractivity contribution in [1.82, 2.24) is 19.4 Å². The van der Waals surface area contributed by atoms with Crippen molar-refractivity contribution in [2.75, 3.05) is 12.4 Å². The second kappa shape index (κ2) is 7.66. The Kier molecular flexibility index (Phi) is 5.14. The molecule has 3 aromatic heterocycles. The minimum absolute atomic E-state index is 0.0950. The molecule has 0 aliphatic carbocycles. The van der Waals surface area contributed by atoms with Gasteiger partial charge in [-0.1, -0.05) is 5.16 Å². The molecule has 0 aliphatic heterocycles. The SMILES string of the molecule is CNc1nccc(-c2c(-c3c(C)c(C)c(C)c(/C(N)=N\O)c3C)nc3scc(C)n23)n1. The molecular weight excluding hydrogens is 410 g/mol. The van der Waals surface area contributed by atoms with Gasteiger partial charge >= 0.3 is 0 Å². The number of nitrogens with two attached hydrogens (primary N) is 1. The second-order valence-electron chi connectivity index (χ2n) is 7.55. The van der Waals surface area contributed by atoms with Gasteiger partial charge in [-0.25, -0.2) is 15.0 Å². The number of nitrogens with zero attached hydrogens (tertiary/aromatic N) is 5. The maximum Gasteiger partial charge on any atom is 0.222 e. The molecule has 4 N–H and O–H groups in total. The fraction of sp³-hybridized carbons (Fsp3) is 0.273. The molecule has 0 spiro atoms. The van der Waals surface area contributed by atoms with Crippen molar-refractivity contribution < 1.29 is 5.21 Å². The molecule has 4 rings (SSSR count). The van der Waals surface area contributed by atoms with Gasteiger partial charge in [0.15, 0.2) is 10.8 Å². The highest BCUT2D eigenvalue weighted by Crippen LogP contribution is 2.40. The van der Waals surface area contributed by atoms with Crippen LogP contribution in [0.25, 0.3) is 27.6 Å². The van der Waals surface area contributed by atoms with E-state index in [9.17, 15) is 5.21 Å². The Bertz CT molecular complexity index is 1350. The summed E-state index contributed by atoms with van der Waals surface area (Å²) < 4.78 is 2.12. The molecule has 0 unspecified atom stereocenters. The number of nitrogens with one attached hydrogen (secondary N) is 1. The Morgan fingerprint density at radius 1 is 1.10 bits per heavy atom. The lowest BCUT2D eigenvalue weighted by atomic mass is 9.86. The van der Waals surface area contributed by atoms with Crippen LogP contribution in [0.3, 0.4) is 0 Å². The molecule has 9 heteroatoms. The van der Waals surface area contributed by atoms with Crippen LogP contribution in [0.4, 0.5) is 5.95 Å². The lowest BCUT2D eigenvalue weighted by Crippen LogP contribution is -2.18. The number of imidazole rings is 1. The summed E-state index contributed by atoms with van der Waals surface area (Å²) in [6.07, 6.45) is 1.74. The van der Waals surface area contributed by atoms with Crippen LogP contribution in [0.15, 0.2) is 22.8 Å². The number of aromatic nitrogens is 4. The van der Waals surface area contributed by atoms with Crippen molar-refractivity contribution in [2.45, 2.75) is 34.6 Å². The van der Waals surface area contributed by atoms with Crippen molar-refractivity contribution in [1.29, 1.82) is 0 Å². The topological polar surface area (TPSA) is 114 Å². The van der Waals surface area contributed by atoms with Gasteiger partial charge in [-0.15, -0.1) is 11.3 Å². The van der Waals surface area contributed by atoms with Gasteiger partial charge in [0.25, 0.3) is 0 Å². The molecule has 0 atom stereocenters. The third-order valence-corrected chi connectivity index (χ3v) is 6.83. The Morgan fingerprint density at radius 3 is 2.52 bits per heavy atom. The summed E-state index contributed by atoms with van der Waals surface area (Å²) in [7, 11) is 1.79. The summed E-state index contributed by atoms with van der Waals surface area (Å²) in [6.45, 7) is 10.2. The fourth-order valence-electron chi connectivity index (χ4n) is 4.15. The highest BCUT2D eigenvalue weighted by atomic mass is 32.1. The average Bonchev–Trinajstić information content (AvgIpc) is 3.31. The summed E-state index contributed by atoms with van der Waals surface area (Å²) in [5.74, 6) is 0.634. The molecule has 160 valence electrons. The van der Waals surface area contributed by atoms with Crippen LogP contribution in [0, 0.1) is 34.6 Å². The zero-order valence-electron chi connectivity index (χ0n) is 18.4. The normalized spacial score (nSPS) is 12.0.